The van der Waals surface area contributed by atoms with E-state index in [1.807, 2.05) is 24.4 Å². The molecule has 0 amide bonds. The van der Waals surface area contributed by atoms with E-state index in [4.69, 9.17) is 5.73 Å². The molecule has 20 heavy (non-hydrogen) atoms. The molecule has 0 aliphatic heterocycles. The van der Waals surface area contributed by atoms with E-state index in [0.29, 0.717) is 12.5 Å². The molecule has 1 aromatic carbocycles. The normalized spacial score (nSPS) is 12.6. The van der Waals surface area contributed by atoms with Gasteiger partial charge in [-0.25, -0.2) is 0 Å². The molecule has 1 unspecified atom stereocenters. The van der Waals surface area contributed by atoms with Crippen molar-refractivity contribution >= 4 is 0 Å². The van der Waals surface area contributed by atoms with Crippen molar-refractivity contribution < 1.29 is 0 Å². The van der Waals surface area contributed by atoms with Gasteiger partial charge in [-0.1, -0.05) is 43.3 Å². The van der Waals surface area contributed by atoms with Crippen LogP contribution in [0.3, 0.4) is 0 Å². The molecule has 0 saturated carbocycles. The SMILES string of the molecule is CCN(Cc1ccccn1)CC(CN)c1ccccc1. The molecular weight excluding hydrogens is 246 g/mol. The predicted octanol–water partition coefficient (Wildman–Crippen LogP) is 2.65. The van der Waals surface area contributed by atoms with Gasteiger partial charge in [0.05, 0.1) is 5.69 Å². The van der Waals surface area contributed by atoms with Gasteiger partial charge in [0.2, 0.25) is 0 Å². The Labute approximate surface area is 121 Å². The predicted molar refractivity (Wildman–Crippen MR) is 83.4 cm³/mol. The molecule has 0 spiro atoms. The molecule has 2 aromatic rings. The monoisotopic (exact) mass is 269 g/mol. The Morgan fingerprint density at radius 1 is 1.10 bits per heavy atom. The number of likely N-dealkylation sites (N-methyl/N-ethyl adjacent to an activating group) is 1. The summed E-state index contributed by atoms with van der Waals surface area (Å²) in [6, 6.07) is 16.6. The molecule has 0 radical (unpaired) electrons. The first-order chi connectivity index (χ1) is 9.83. The lowest BCUT2D eigenvalue weighted by atomic mass is 9.98. The Morgan fingerprint density at radius 2 is 1.85 bits per heavy atom. The van der Waals surface area contributed by atoms with Crippen LogP contribution in [0.4, 0.5) is 0 Å². The molecule has 0 aliphatic carbocycles. The largest absolute Gasteiger partial charge is 0.330 e. The van der Waals surface area contributed by atoms with Crippen LogP contribution in [0.25, 0.3) is 0 Å². The maximum Gasteiger partial charge on any atom is 0.0543 e. The topological polar surface area (TPSA) is 42.2 Å². The van der Waals surface area contributed by atoms with Crippen molar-refractivity contribution in [2.24, 2.45) is 5.73 Å². The number of rotatable bonds is 7. The van der Waals surface area contributed by atoms with Crippen LogP contribution < -0.4 is 5.73 Å². The maximum absolute atomic E-state index is 5.96. The third-order valence-corrected chi connectivity index (χ3v) is 3.59. The first-order valence-corrected chi connectivity index (χ1v) is 7.20. The number of nitrogens with two attached hydrogens (primary N) is 1. The summed E-state index contributed by atoms with van der Waals surface area (Å²) in [7, 11) is 0. The first kappa shape index (κ1) is 14.7. The highest BCUT2D eigenvalue weighted by Crippen LogP contribution is 2.16. The van der Waals surface area contributed by atoms with Crippen molar-refractivity contribution in [1.29, 1.82) is 0 Å². The molecule has 0 fully saturated rings. The second-order valence-corrected chi connectivity index (χ2v) is 4.99. The number of nitrogens with zero attached hydrogens (tertiary/aromatic N) is 2. The Kier molecular flexibility index (Phi) is 5.71. The second kappa shape index (κ2) is 7.78. The van der Waals surface area contributed by atoms with Gasteiger partial charge >= 0.3 is 0 Å². The van der Waals surface area contributed by atoms with E-state index in [2.05, 4.69) is 47.1 Å². The molecule has 3 nitrogen and oxygen atoms in total. The van der Waals surface area contributed by atoms with Crippen molar-refractivity contribution in [3.8, 4) is 0 Å². The fourth-order valence-electron chi connectivity index (χ4n) is 2.38. The third kappa shape index (κ3) is 4.15. The van der Waals surface area contributed by atoms with Gasteiger partial charge in [-0.05, 0) is 24.2 Å². The number of benzene rings is 1. The summed E-state index contributed by atoms with van der Waals surface area (Å²) < 4.78 is 0. The zero-order valence-corrected chi connectivity index (χ0v) is 12.1. The van der Waals surface area contributed by atoms with Gasteiger partial charge in [0.1, 0.15) is 0 Å². The van der Waals surface area contributed by atoms with Crippen LogP contribution in [0.5, 0.6) is 0 Å². The minimum atomic E-state index is 0.375. The highest BCUT2D eigenvalue weighted by molar-refractivity contribution is 5.20. The van der Waals surface area contributed by atoms with Crippen LogP contribution in [-0.2, 0) is 6.54 Å². The molecular formula is C17H23N3. The molecule has 1 heterocycles. The Morgan fingerprint density at radius 3 is 2.45 bits per heavy atom. The Hall–Kier alpha value is -1.71. The fraction of sp³-hybridized carbons (Fsp3) is 0.353. The summed E-state index contributed by atoms with van der Waals surface area (Å²) in [4.78, 5) is 6.80. The highest BCUT2D eigenvalue weighted by atomic mass is 15.1. The summed E-state index contributed by atoms with van der Waals surface area (Å²) in [5.41, 5.74) is 8.38. The zero-order valence-electron chi connectivity index (χ0n) is 12.1. The van der Waals surface area contributed by atoms with Crippen molar-refractivity contribution in [1.82, 2.24) is 9.88 Å². The Bertz CT molecular complexity index is 484. The summed E-state index contributed by atoms with van der Waals surface area (Å²) in [6.45, 7) is 5.69. The molecule has 2 N–H and O–H groups in total. The third-order valence-electron chi connectivity index (χ3n) is 3.59. The van der Waals surface area contributed by atoms with Crippen LogP contribution in [0.15, 0.2) is 54.7 Å². The minimum absolute atomic E-state index is 0.375. The van der Waals surface area contributed by atoms with Gasteiger partial charge in [-0.2, -0.15) is 0 Å². The lowest BCUT2D eigenvalue weighted by molar-refractivity contribution is 0.259. The average Bonchev–Trinajstić information content (AvgIpc) is 2.53. The molecule has 1 aromatic heterocycles. The molecule has 3 heteroatoms. The van der Waals surface area contributed by atoms with Crippen LogP contribution in [-0.4, -0.2) is 29.5 Å². The van der Waals surface area contributed by atoms with Gasteiger partial charge in [-0.15, -0.1) is 0 Å². The lowest BCUT2D eigenvalue weighted by Gasteiger charge is -2.25. The smallest absolute Gasteiger partial charge is 0.0543 e. The van der Waals surface area contributed by atoms with Crippen LogP contribution in [0.2, 0.25) is 0 Å². The van der Waals surface area contributed by atoms with Gasteiger partial charge in [0.25, 0.3) is 0 Å². The van der Waals surface area contributed by atoms with Crippen LogP contribution in [0, 0.1) is 0 Å². The minimum Gasteiger partial charge on any atom is -0.330 e. The van der Waals surface area contributed by atoms with E-state index < -0.39 is 0 Å². The van der Waals surface area contributed by atoms with E-state index in [1.165, 1.54) is 5.56 Å². The average molecular weight is 269 g/mol. The number of hydrogen-bond donors (Lipinski definition) is 1. The molecule has 0 bridgehead atoms. The highest BCUT2D eigenvalue weighted by Gasteiger charge is 2.14. The van der Waals surface area contributed by atoms with Crippen LogP contribution in [0.1, 0.15) is 24.1 Å². The zero-order chi connectivity index (χ0) is 14.2. The van der Waals surface area contributed by atoms with Crippen molar-refractivity contribution in [3.63, 3.8) is 0 Å². The summed E-state index contributed by atoms with van der Waals surface area (Å²) >= 11 is 0. The van der Waals surface area contributed by atoms with Gasteiger partial charge in [0.15, 0.2) is 0 Å². The second-order valence-electron chi connectivity index (χ2n) is 4.99. The number of pyridine rings is 1. The van der Waals surface area contributed by atoms with Crippen molar-refractivity contribution in [2.45, 2.75) is 19.4 Å². The fourth-order valence-corrected chi connectivity index (χ4v) is 2.38. The molecule has 0 saturated heterocycles. The van der Waals surface area contributed by atoms with Crippen LogP contribution >= 0.6 is 0 Å². The van der Waals surface area contributed by atoms with E-state index in [-0.39, 0.29) is 0 Å². The Balaban J connectivity index is 2.01. The first-order valence-electron chi connectivity index (χ1n) is 7.20. The van der Waals surface area contributed by atoms with E-state index in [9.17, 15) is 0 Å². The van der Waals surface area contributed by atoms with E-state index in [0.717, 1.165) is 25.3 Å². The number of aromatic nitrogens is 1. The molecule has 1 atom stereocenters. The van der Waals surface area contributed by atoms with E-state index in [1.54, 1.807) is 0 Å². The quantitative estimate of drug-likeness (QED) is 0.840. The molecule has 0 aliphatic rings. The van der Waals surface area contributed by atoms with E-state index >= 15 is 0 Å². The molecule has 2 rings (SSSR count). The summed E-state index contributed by atoms with van der Waals surface area (Å²) in [5, 5.41) is 0. The number of hydrogen-bond acceptors (Lipinski definition) is 3. The summed E-state index contributed by atoms with van der Waals surface area (Å²) in [6.07, 6.45) is 1.85. The van der Waals surface area contributed by atoms with Crippen molar-refractivity contribution in [3.05, 3.63) is 66.0 Å². The van der Waals surface area contributed by atoms with Gasteiger partial charge in [0, 0.05) is 31.7 Å². The molecule has 106 valence electrons. The van der Waals surface area contributed by atoms with Gasteiger partial charge < -0.3 is 5.73 Å². The lowest BCUT2D eigenvalue weighted by Crippen LogP contribution is -2.31. The maximum atomic E-state index is 5.96. The summed E-state index contributed by atoms with van der Waals surface area (Å²) in [5.74, 6) is 0.375. The standard InChI is InChI=1S/C17H23N3/c1-2-20(14-17-10-6-7-11-19-17)13-16(12-18)15-8-4-3-5-9-15/h3-11,16H,2,12-14,18H2,1H3. The van der Waals surface area contributed by atoms with Crippen molar-refractivity contribution in [2.75, 3.05) is 19.6 Å². The van der Waals surface area contributed by atoms with Gasteiger partial charge in [-0.3, -0.25) is 9.88 Å².